The van der Waals surface area contributed by atoms with Crippen LogP contribution in [-0.4, -0.2) is 32.7 Å². The molecule has 1 aliphatic rings. The number of imidazole rings is 1. The maximum Gasteiger partial charge on any atom is 0.180 e. The topological polar surface area (TPSA) is 67.9 Å². The summed E-state index contributed by atoms with van der Waals surface area (Å²) in [5, 5.41) is 0. The molecule has 1 fully saturated rings. The minimum atomic E-state index is 0.265. The van der Waals surface area contributed by atoms with Gasteiger partial charge in [0.25, 0.3) is 0 Å². The molecule has 1 aromatic carbocycles. The second-order valence-electron chi connectivity index (χ2n) is 7.83. The Kier molecular flexibility index (Phi) is 5.74. The predicted molar refractivity (Wildman–Crippen MR) is 119 cm³/mol. The summed E-state index contributed by atoms with van der Waals surface area (Å²) in [4.78, 5) is 11.2. The van der Waals surface area contributed by atoms with E-state index in [1.807, 2.05) is 22.8 Å². The van der Waals surface area contributed by atoms with E-state index in [1.165, 1.54) is 12.8 Å². The third kappa shape index (κ3) is 4.09. The minimum Gasteiger partial charge on any atom is -0.493 e. The molecule has 29 heavy (non-hydrogen) atoms. The second kappa shape index (κ2) is 8.28. The lowest BCUT2D eigenvalue weighted by atomic mass is 10.2. The van der Waals surface area contributed by atoms with Crippen molar-refractivity contribution >= 4 is 35.6 Å². The number of ether oxygens (including phenoxy) is 2. The average molecular weight is 431 g/mol. The number of H-pyrrole nitrogens is 2. The van der Waals surface area contributed by atoms with E-state index in [1.54, 1.807) is 7.11 Å². The smallest absolute Gasteiger partial charge is 0.180 e. The van der Waals surface area contributed by atoms with E-state index in [4.69, 9.17) is 38.9 Å². The van der Waals surface area contributed by atoms with Crippen LogP contribution in [0.4, 0.5) is 0 Å². The van der Waals surface area contributed by atoms with E-state index in [2.05, 4.69) is 23.8 Å². The van der Waals surface area contributed by atoms with Crippen LogP contribution < -0.4 is 9.47 Å². The molecular weight excluding hydrogens is 404 g/mol. The first-order chi connectivity index (χ1) is 14.0. The number of aromatic nitrogens is 4. The first-order valence-electron chi connectivity index (χ1n) is 10.0. The Morgan fingerprint density at radius 1 is 1.17 bits per heavy atom. The number of rotatable bonds is 6. The highest BCUT2D eigenvalue weighted by Gasteiger charge is 2.19. The van der Waals surface area contributed by atoms with Crippen LogP contribution in [0.25, 0.3) is 11.2 Å². The van der Waals surface area contributed by atoms with Crippen LogP contribution in [0, 0.1) is 9.41 Å². The molecule has 8 heteroatoms. The van der Waals surface area contributed by atoms with Crippen LogP contribution in [0.15, 0.2) is 18.2 Å². The standard InChI is InChI=1S/C21H26N4O2S2/c1-12(2)18-22-17-19(23-18)25(21(29)24-20(17)28)11-13-8-9-15(26-3)16(10-13)27-14-6-4-5-7-14/h8-10,12,14H,4-7,11H2,1-3H3,(H,22,23)(H,24,28,29). The van der Waals surface area contributed by atoms with E-state index >= 15 is 0 Å². The van der Waals surface area contributed by atoms with Crippen LogP contribution in [0.1, 0.15) is 56.8 Å². The van der Waals surface area contributed by atoms with Crippen molar-refractivity contribution in [1.29, 1.82) is 0 Å². The lowest BCUT2D eigenvalue weighted by Gasteiger charge is -2.17. The fourth-order valence-corrected chi connectivity index (χ4v) is 4.32. The van der Waals surface area contributed by atoms with Gasteiger partial charge in [-0.2, -0.15) is 0 Å². The molecule has 2 aromatic heterocycles. The molecule has 0 unspecified atom stereocenters. The summed E-state index contributed by atoms with van der Waals surface area (Å²) in [6.45, 7) is 4.76. The highest BCUT2D eigenvalue weighted by Crippen LogP contribution is 2.33. The molecule has 0 atom stereocenters. The number of hydrogen-bond acceptors (Lipinski definition) is 5. The van der Waals surface area contributed by atoms with Gasteiger partial charge in [0.05, 0.1) is 19.8 Å². The van der Waals surface area contributed by atoms with Crippen LogP contribution in [0.2, 0.25) is 0 Å². The first-order valence-corrected chi connectivity index (χ1v) is 10.8. The monoisotopic (exact) mass is 430 g/mol. The molecule has 154 valence electrons. The van der Waals surface area contributed by atoms with Crippen LogP contribution in [0.3, 0.4) is 0 Å². The zero-order valence-corrected chi connectivity index (χ0v) is 18.6. The minimum absolute atomic E-state index is 0.265. The van der Waals surface area contributed by atoms with Crippen molar-refractivity contribution in [2.24, 2.45) is 0 Å². The van der Waals surface area contributed by atoms with Gasteiger partial charge >= 0.3 is 0 Å². The Labute approximate surface area is 180 Å². The maximum atomic E-state index is 6.24. The van der Waals surface area contributed by atoms with Gasteiger partial charge in [-0.3, -0.25) is 4.57 Å². The molecule has 4 rings (SSSR count). The Hall–Kier alpha value is -2.19. The highest BCUT2D eigenvalue weighted by molar-refractivity contribution is 7.72. The quantitative estimate of drug-likeness (QED) is 0.494. The summed E-state index contributed by atoms with van der Waals surface area (Å²) < 4.78 is 14.9. The van der Waals surface area contributed by atoms with Crippen LogP contribution in [0.5, 0.6) is 11.5 Å². The van der Waals surface area contributed by atoms with E-state index < -0.39 is 0 Å². The molecule has 2 N–H and O–H groups in total. The van der Waals surface area contributed by atoms with Gasteiger partial charge in [-0.15, -0.1) is 0 Å². The molecule has 0 saturated heterocycles. The summed E-state index contributed by atoms with van der Waals surface area (Å²) in [5.74, 6) is 2.71. The SMILES string of the molecule is COc1ccc(Cn2c(=S)[nH]c(=S)c3[nH]c(C(C)C)nc32)cc1OC1CCCC1. The predicted octanol–water partition coefficient (Wildman–Crippen LogP) is 5.65. The zero-order chi connectivity index (χ0) is 20.5. The fraction of sp³-hybridized carbons (Fsp3) is 0.476. The first kappa shape index (κ1) is 20.1. The van der Waals surface area contributed by atoms with Crippen molar-refractivity contribution in [3.8, 4) is 11.5 Å². The maximum absolute atomic E-state index is 6.24. The number of fused-ring (bicyclic) bond motifs is 1. The second-order valence-corrected chi connectivity index (χ2v) is 8.63. The summed E-state index contributed by atoms with van der Waals surface area (Å²) in [6, 6.07) is 6.03. The van der Waals surface area contributed by atoms with E-state index in [-0.39, 0.29) is 12.0 Å². The number of methoxy groups -OCH3 is 1. The third-order valence-electron chi connectivity index (χ3n) is 5.36. The van der Waals surface area contributed by atoms with Crippen LogP contribution >= 0.6 is 24.4 Å². The summed E-state index contributed by atoms with van der Waals surface area (Å²) in [6.07, 6.45) is 4.90. The molecule has 0 amide bonds. The van der Waals surface area contributed by atoms with Gasteiger partial charge in [-0.05, 0) is 55.6 Å². The molecular formula is C21H26N4O2S2. The normalized spacial score (nSPS) is 14.8. The summed E-state index contributed by atoms with van der Waals surface area (Å²) >= 11 is 11.0. The van der Waals surface area contributed by atoms with Crippen molar-refractivity contribution in [2.45, 2.75) is 58.1 Å². The van der Waals surface area contributed by atoms with Gasteiger partial charge in [0.2, 0.25) is 0 Å². The van der Waals surface area contributed by atoms with E-state index in [9.17, 15) is 0 Å². The third-order valence-corrected chi connectivity index (χ3v) is 5.99. The average Bonchev–Trinajstić information content (AvgIpc) is 3.35. The molecule has 3 aromatic rings. The molecule has 0 radical (unpaired) electrons. The Bertz CT molecular complexity index is 1140. The largest absolute Gasteiger partial charge is 0.493 e. The van der Waals surface area contributed by atoms with Crippen molar-refractivity contribution in [3.63, 3.8) is 0 Å². The van der Waals surface area contributed by atoms with Crippen LogP contribution in [-0.2, 0) is 6.54 Å². The van der Waals surface area contributed by atoms with Gasteiger partial charge in [0.15, 0.2) is 21.9 Å². The van der Waals surface area contributed by atoms with E-state index in [0.29, 0.717) is 16.0 Å². The number of nitrogens with one attached hydrogen (secondary N) is 2. The Morgan fingerprint density at radius 2 is 1.93 bits per heavy atom. The van der Waals surface area contributed by atoms with Crippen molar-refractivity contribution < 1.29 is 9.47 Å². The molecule has 6 nitrogen and oxygen atoms in total. The zero-order valence-electron chi connectivity index (χ0n) is 16.9. The lowest BCUT2D eigenvalue weighted by Crippen LogP contribution is -2.12. The lowest BCUT2D eigenvalue weighted by molar-refractivity contribution is 0.200. The van der Waals surface area contributed by atoms with Gasteiger partial charge in [0, 0.05) is 5.92 Å². The number of nitrogens with zero attached hydrogens (tertiary/aromatic N) is 2. The van der Waals surface area contributed by atoms with Gasteiger partial charge in [0.1, 0.15) is 16.0 Å². The molecule has 1 aliphatic carbocycles. The molecule has 0 spiro atoms. The molecule has 1 saturated carbocycles. The number of aromatic amines is 2. The highest BCUT2D eigenvalue weighted by atomic mass is 32.1. The number of benzene rings is 1. The van der Waals surface area contributed by atoms with Crippen molar-refractivity contribution in [1.82, 2.24) is 19.5 Å². The Balaban J connectivity index is 1.72. The summed E-state index contributed by atoms with van der Waals surface area (Å²) in [5.41, 5.74) is 2.65. The fourth-order valence-electron chi connectivity index (χ4n) is 3.76. The molecule has 0 bridgehead atoms. The van der Waals surface area contributed by atoms with Gasteiger partial charge in [-0.25, -0.2) is 4.98 Å². The summed E-state index contributed by atoms with van der Waals surface area (Å²) in [7, 11) is 1.67. The van der Waals surface area contributed by atoms with E-state index in [0.717, 1.165) is 46.9 Å². The van der Waals surface area contributed by atoms with Crippen molar-refractivity contribution in [2.75, 3.05) is 7.11 Å². The molecule has 2 heterocycles. The number of hydrogen-bond donors (Lipinski definition) is 2. The molecule has 0 aliphatic heterocycles. The van der Waals surface area contributed by atoms with Crippen molar-refractivity contribution in [3.05, 3.63) is 39.0 Å². The van der Waals surface area contributed by atoms with Gasteiger partial charge < -0.3 is 19.4 Å². The Morgan fingerprint density at radius 3 is 2.62 bits per heavy atom. The van der Waals surface area contributed by atoms with Gasteiger partial charge in [-0.1, -0.05) is 32.1 Å².